The van der Waals surface area contributed by atoms with Crippen LogP contribution in [0.4, 0.5) is 10.5 Å². The fourth-order valence-electron chi connectivity index (χ4n) is 1.49. The summed E-state index contributed by atoms with van der Waals surface area (Å²) in [7, 11) is 1.26. The molecule has 0 unspecified atom stereocenters. The standard InChI is InChI=1S/C11H12N2O6.ClH/c1-3-12(11(15)16)10(14)7-4-5-9(19-2)8(6-7)13(17)18;/h4-6H,3H2,1-2H3,(H,15,16);1H. The van der Waals surface area contributed by atoms with Gasteiger partial charge < -0.3 is 9.84 Å². The second kappa shape index (κ2) is 7.29. The SMILES string of the molecule is CCN(C(=O)O)C(=O)c1ccc(OC)c([N+](=O)[O-])c1.Cl. The van der Waals surface area contributed by atoms with Crippen molar-refractivity contribution < 1.29 is 24.4 Å². The summed E-state index contributed by atoms with van der Waals surface area (Å²) in [6.07, 6.45) is -1.41. The van der Waals surface area contributed by atoms with Gasteiger partial charge in [0.15, 0.2) is 5.75 Å². The summed E-state index contributed by atoms with van der Waals surface area (Å²) < 4.78 is 4.79. The highest BCUT2D eigenvalue weighted by molar-refractivity contribution is 6.03. The molecule has 8 nitrogen and oxygen atoms in total. The number of carboxylic acid groups (broad SMARTS) is 1. The quantitative estimate of drug-likeness (QED) is 0.674. The van der Waals surface area contributed by atoms with E-state index in [4.69, 9.17) is 9.84 Å². The van der Waals surface area contributed by atoms with Crippen molar-refractivity contribution in [3.63, 3.8) is 0 Å². The molecule has 20 heavy (non-hydrogen) atoms. The zero-order valence-electron chi connectivity index (χ0n) is 10.7. The van der Waals surface area contributed by atoms with Crippen molar-refractivity contribution in [2.75, 3.05) is 13.7 Å². The first-order chi connectivity index (χ1) is 8.92. The van der Waals surface area contributed by atoms with Crippen LogP contribution in [0.2, 0.25) is 0 Å². The molecule has 1 aromatic rings. The first-order valence-electron chi connectivity index (χ1n) is 5.29. The molecule has 110 valence electrons. The van der Waals surface area contributed by atoms with Crippen molar-refractivity contribution in [2.45, 2.75) is 6.92 Å². The van der Waals surface area contributed by atoms with E-state index in [9.17, 15) is 19.7 Å². The van der Waals surface area contributed by atoms with Crippen LogP contribution < -0.4 is 4.74 Å². The van der Waals surface area contributed by atoms with Crippen LogP contribution in [0.3, 0.4) is 0 Å². The number of carbonyl (C=O) groups is 2. The van der Waals surface area contributed by atoms with E-state index >= 15 is 0 Å². The fraction of sp³-hybridized carbons (Fsp3) is 0.273. The number of nitro groups is 1. The molecular formula is C11H13ClN2O6. The van der Waals surface area contributed by atoms with Crippen LogP contribution in [-0.2, 0) is 0 Å². The summed E-state index contributed by atoms with van der Waals surface area (Å²) in [6, 6.07) is 3.52. The van der Waals surface area contributed by atoms with E-state index in [0.717, 1.165) is 6.07 Å². The second-order valence-corrected chi connectivity index (χ2v) is 3.48. The number of halogens is 1. The summed E-state index contributed by atoms with van der Waals surface area (Å²) >= 11 is 0. The molecule has 0 bridgehead atoms. The molecule has 1 N–H and O–H groups in total. The van der Waals surface area contributed by atoms with E-state index < -0.39 is 22.6 Å². The normalized spacial score (nSPS) is 9.30. The first-order valence-corrected chi connectivity index (χ1v) is 5.29. The molecule has 0 spiro atoms. The summed E-state index contributed by atoms with van der Waals surface area (Å²) in [6.45, 7) is 1.44. The van der Waals surface area contributed by atoms with Gasteiger partial charge in [0.2, 0.25) is 0 Å². The molecule has 0 aliphatic rings. The van der Waals surface area contributed by atoms with Gasteiger partial charge in [-0.1, -0.05) is 0 Å². The van der Waals surface area contributed by atoms with Crippen LogP contribution in [0, 0.1) is 10.1 Å². The van der Waals surface area contributed by atoms with Crippen molar-refractivity contribution in [2.24, 2.45) is 0 Å². The molecule has 0 saturated carbocycles. The Hall–Kier alpha value is -2.35. The number of hydrogen-bond acceptors (Lipinski definition) is 5. The number of ether oxygens (including phenoxy) is 1. The average Bonchev–Trinajstić information content (AvgIpc) is 2.38. The maximum atomic E-state index is 11.9. The Morgan fingerprint density at radius 1 is 1.45 bits per heavy atom. The number of methoxy groups -OCH3 is 1. The molecule has 0 heterocycles. The van der Waals surface area contributed by atoms with E-state index in [1.807, 2.05) is 0 Å². The summed E-state index contributed by atoms with van der Waals surface area (Å²) in [5.74, 6) is -0.819. The van der Waals surface area contributed by atoms with E-state index in [0.29, 0.717) is 4.90 Å². The van der Waals surface area contributed by atoms with Gasteiger partial charge in [-0.25, -0.2) is 9.69 Å². The van der Waals surface area contributed by atoms with Gasteiger partial charge in [-0.2, -0.15) is 0 Å². The minimum absolute atomic E-state index is 0. The maximum absolute atomic E-state index is 11.9. The van der Waals surface area contributed by atoms with E-state index in [2.05, 4.69) is 0 Å². The van der Waals surface area contributed by atoms with E-state index in [-0.39, 0.29) is 30.3 Å². The third-order valence-corrected chi connectivity index (χ3v) is 2.41. The monoisotopic (exact) mass is 304 g/mol. The largest absolute Gasteiger partial charge is 0.490 e. The lowest BCUT2D eigenvalue weighted by molar-refractivity contribution is -0.385. The molecule has 1 aromatic carbocycles. The van der Waals surface area contributed by atoms with Crippen LogP contribution >= 0.6 is 12.4 Å². The number of rotatable bonds is 4. The zero-order valence-corrected chi connectivity index (χ0v) is 11.5. The molecule has 0 radical (unpaired) electrons. The molecule has 1 rings (SSSR count). The third kappa shape index (κ3) is 3.58. The number of imide groups is 1. The summed E-state index contributed by atoms with van der Waals surface area (Å²) in [5.41, 5.74) is -0.480. The molecule has 0 aliphatic carbocycles. The Morgan fingerprint density at radius 3 is 2.45 bits per heavy atom. The van der Waals surface area contributed by atoms with Crippen LogP contribution in [-0.4, -0.2) is 40.6 Å². The number of nitro benzene ring substituents is 1. The van der Waals surface area contributed by atoms with Crippen molar-refractivity contribution >= 4 is 30.1 Å². The molecule has 0 aliphatic heterocycles. The lowest BCUT2D eigenvalue weighted by atomic mass is 10.1. The number of amides is 2. The third-order valence-electron chi connectivity index (χ3n) is 2.41. The molecule has 0 fully saturated rings. The molecule has 0 saturated heterocycles. The van der Waals surface area contributed by atoms with Crippen molar-refractivity contribution in [1.82, 2.24) is 4.90 Å². The highest BCUT2D eigenvalue weighted by atomic mass is 35.5. The summed E-state index contributed by atoms with van der Waals surface area (Å²) in [4.78, 5) is 33.4. The average molecular weight is 305 g/mol. The summed E-state index contributed by atoms with van der Waals surface area (Å²) in [5, 5.41) is 19.6. The first kappa shape index (κ1) is 17.6. The number of hydrogen-bond donors (Lipinski definition) is 1. The molecule has 0 atom stereocenters. The minimum atomic E-state index is -1.41. The highest BCUT2D eigenvalue weighted by Gasteiger charge is 2.24. The van der Waals surface area contributed by atoms with Crippen LogP contribution in [0.5, 0.6) is 5.75 Å². The topological polar surface area (TPSA) is 110 Å². The maximum Gasteiger partial charge on any atom is 0.414 e. The lowest BCUT2D eigenvalue weighted by Crippen LogP contribution is -2.35. The molecular weight excluding hydrogens is 292 g/mol. The predicted molar refractivity (Wildman–Crippen MR) is 71.6 cm³/mol. The fourth-order valence-corrected chi connectivity index (χ4v) is 1.49. The Kier molecular flexibility index (Phi) is 6.43. The Morgan fingerprint density at radius 2 is 2.05 bits per heavy atom. The van der Waals surface area contributed by atoms with Gasteiger partial charge in [0.25, 0.3) is 5.91 Å². The Balaban J connectivity index is 0.00000361. The lowest BCUT2D eigenvalue weighted by Gasteiger charge is -2.14. The predicted octanol–water partition coefficient (Wildman–Crippen LogP) is 2.17. The minimum Gasteiger partial charge on any atom is -0.490 e. The molecule has 9 heteroatoms. The Labute approximate surface area is 120 Å². The van der Waals surface area contributed by atoms with Gasteiger partial charge in [-0.3, -0.25) is 14.9 Å². The zero-order chi connectivity index (χ0) is 14.6. The van der Waals surface area contributed by atoms with Gasteiger partial charge >= 0.3 is 11.8 Å². The van der Waals surface area contributed by atoms with Gasteiger partial charge in [-0.05, 0) is 19.1 Å². The molecule has 2 amide bonds. The van der Waals surface area contributed by atoms with Gasteiger partial charge in [0.1, 0.15) is 0 Å². The smallest absolute Gasteiger partial charge is 0.414 e. The van der Waals surface area contributed by atoms with Crippen molar-refractivity contribution in [3.05, 3.63) is 33.9 Å². The number of carbonyl (C=O) groups excluding carboxylic acids is 1. The number of benzene rings is 1. The van der Waals surface area contributed by atoms with Crippen LogP contribution in [0.25, 0.3) is 0 Å². The van der Waals surface area contributed by atoms with Crippen LogP contribution in [0.1, 0.15) is 17.3 Å². The highest BCUT2D eigenvalue weighted by Crippen LogP contribution is 2.27. The van der Waals surface area contributed by atoms with Gasteiger partial charge in [0.05, 0.1) is 12.0 Å². The Bertz CT molecular complexity index is 534. The van der Waals surface area contributed by atoms with Gasteiger partial charge in [0, 0.05) is 18.2 Å². The second-order valence-electron chi connectivity index (χ2n) is 3.48. The van der Waals surface area contributed by atoms with E-state index in [1.165, 1.54) is 26.2 Å². The van der Waals surface area contributed by atoms with Crippen molar-refractivity contribution in [3.8, 4) is 5.75 Å². The molecule has 0 aromatic heterocycles. The van der Waals surface area contributed by atoms with E-state index in [1.54, 1.807) is 0 Å². The van der Waals surface area contributed by atoms with Gasteiger partial charge in [-0.15, -0.1) is 12.4 Å². The van der Waals surface area contributed by atoms with Crippen molar-refractivity contribution in [1.29, 1.82) is 0 Å². The number of nitrogens with zero attached hydrogens (tertiary/aromatic N) is 2. The van der Waals surface area contributed by atoms with Crippen LogP contribution in [0.15, 0.2) is 18.2 Å².